The molecule has 0 amide bonds. The predicted molar refractivity (Wildman–Crippen MR) is 95.3 cm³/mol. The third-order valence-electron chi connectivity index (χ3n) is 3.07. The Morgan fingerprint density at radius 2 is 2.00 bits per heavy atom. The molecule has 6 nitrogen and oxygen atoms in total. The lowest BCUT2D eigenvalue weighted by Gasteiger charge is -2.10. The number of rotatable bonds is 3. The van der Waals surface area contributed by atoms with Gasteiger partial charge in [0.1, 0.15) is 5.01 Å². The van der Waals surface area contributed by atoms with Gasteiger partial charge in [0, 0.05) is 5.56 Å². The van der Waals surface area contributed by atoms with Gasteiger partial charge in [0.15, 0.2) is 5.11 Å². The first kappa shape index (κ1) is 15.8. The predicted octanol–water partition coefficient (Wildman–Crippen LogP) is 2.87. The topological polar surface area (TPSA) is 105 Å². The SMILES string of the molecule is NC(=S)Nc1ccc(S(=O)(=O)O)cc1-c1nc2ccccc2s1. The first-order valence-corrected chi connectivity index (χ1v) is 9.05. The van der Waals surface area contributed by atoms with E-state index in [4.69, 9.17) is 18.0 Å². The van der Waals surface area contributed by atoms with Crippen LogP contribution in [0.3, 0.4) is 0 Å². The number of hydrogen-bond donors (Lipinski definition) is 3. The van der Waals surface area contributed by atoms with E-state index in [-0.39, 0.29) is 10.0 Å². The normalized spacial score (nSPS) is 11.5. The average molecular weight is 365 g/mol. The molecule has 1 aromatic heterocycles. The van der Waals surface area contributed by atoms with Crippen LogP contribution in [0.25, 0.3) is 20.8 Å². The van der Waals surface area contributed by atoms with Crippen molar-refractivity contribution >= 4 is 54.7 Å². The van der Waals surface area contributed by atoms with E-state index in [0.717, 1.165) is 10.2 Å². The highest BCUT2D eigenvalue weighted by Crippen LogP contribution is 2.35. The molecular weight excluding hydrogens is 354 g/mol. The molecule has 0 atom stereocenters. The van der Waals surface area contributed by atoms with Crippen molar-refractivity contribution in [3.63, 3.8) is 0 Å². The van der Waals surface area contributed by atoms with Gasteiger partial charge in [-0.1, -0.05) is 12.1 Å². The summed E-state index contributed by atoms with van der Waals surface area (Å²) in [7, 11) is -4.32. The summed E-state index contributed by atoms with van der Waals surface area (Å²) in [4.78, 5) is 4.27. The molecular formula is C14H11N3O3S3. The Labute approximate surface area is 141 Å². The van der Waals surface area contributed by atoms with Gasteiger partial charge in [-0.3, -0.25) is 4.55 Å². The van der Waals surface area contributed by atoms with E-state index in [0.29, 0.717) is 16.3 Å². The molecule has 0 saturated heterocycles. The zero-order valence-corrected chi connectivity index (χ0v) is 14.0. The van der Waals surface area contributed by atoms with Gasteiger partial charge in [-0.25, -0.2) is 4.98 Å². The highest BCUT2D eigenvalue weighted by Gasteiger charge is 2.17. The molecule has 0 saturated carbocycles. The van der Waals surface area contributed by atoms with Crippen LogP contribution < -0.4 is 11.1 Å². The van der Waals surface area contributed by atoms with Crippen molar-refractivity contribution in [1.29, 1.82) is 0 Å². The van der Waals surface area contributed by atoms with Crippen LogP contribution in [-0.2, 0) is 10.1 Å². The van der Waals surface area contributed by atoms with Gasteiger partial charge < -0.3 is 11.1 Å². The number of anilines is 1. The maximum Gasteiger partial charge on any atom is 0.294 e. The molecule has 4 N–H and O–H groups in total. The highest BCUT2D eigenvalue weighted by atomic mass is 32.2. The number of nitrogens with zero attached hydrogens (tertiary/aromatic N) is 1. The number of nitrogens with one attached hydrogen (secondary N) is 1. The molecule has 1 heterocycles. The first-order valence-electron chi connectivity index (χ1n) is 6.38. The van der Waals surface area contributed by atoms with Gasteiger partial charge in [0.05, 0.1) is 20.8 Å². The third-order valence-corrected chi connectivity index (χ3v) is 5.09. The molecule has 0 fully saturated rings. The summed E-state index contributed by atoms with van der Waals surface area (Å²) >= 11 is 6.24. The lowest BCUT2D eigenvalue weighted by atomic mass is 10.2. The molecule has 0 bridgehead atoms. The second-order valence-corrected chi connectivity index (χ2v) is 7.55. The van der Waals surface area contributed by atoms with E-state index in [1.807, 2.05) is 24.3 Å². The molecule has 118 valence electrons. The summed E-state index contributed by atoms with van der Waals surface area (Å²) in [6.45, 7) is 0. The summed E-state index contributed by atoms with van der Waals surface area (Å²) in [6.07, 6.45) is 0. The van der Waals surface area contributed by atoms with Crippen molar-refractivity contribution in [2.75, 3.05) is 5.32 Å². The van der Waals surface area contributed by atoms with Crippen LogP contribution in [0, 0.1) is 0 Å². The summed E-state index contributed by atoms with van der Waals surface area (Å²) < 4.78 is 33.0. The van der Waals surface area contributed by atoms with Crippen LogP contribution in [0.2, 0.25) is 0 Å². The third kappa shape index (κ3) is 3.32. The second kappa shape index (κ2) is 5.85. The Hall–Kier alpha value is -2.07. The average Bonchev–Trinajstić information content (AvgIpc) is 2.89. The van der Waals surface area contributed by atoms with Crippen LogP contribution in [0.1, 0.15) is 0 Å². The Bertz CT molecular complexity index is 979. The fourth-order valence-electron chi connectivity index (χ4n) is 2.09. The first-order chi connectivity index (χ1) is 10.8. The summed E-state index contributed by atoms with van der Waals surface area (Å²) in [5.74, 6) is 0. The number of thiazole rings is 1. The molecule has 3 aromatic rings. The van der Waals surface area contributed by atoms with Crippen LogP contribution in [-0.4, -0.2) is 23.1 Å². The number of nitrogens with two attached hydrogens (primary N) is 1. The Balaban J connectivity index is 2.23. The maximum absolute atomic E-state index is 11.4. The minimum absolute atomic E-state index is 0.0481. The Morgan fingerprint density at radius 3 is 2.65 bits per heavy atom. The molecule has 0 spiro atoms. The monoisotopic (exact) mass is 365 g/mol. The maximum atomic E-state index is 11.4. The van der Waals surface area contributed by atoms with E-state index >= 15 is 0 Å². The lowest BCUT2D eigenvalue weighted by Crippen LogP contribution is -2.19. The molecule has 2 aromatic carbocycles. The summed E-state index contributed by atoms with van der Waals surface area (Å²) in [5, 5.41) is 3.44. The van der Waals surface area contributed by atoms with Crippen molar-refractivity contribution in [3.05, 3.63) is 42.5 Å². The number of para-hydroxylation sites is 1. The molecule has 23 heavy (non-hydrogen) atoms. The zero-order valence-electron chi connectivity index (χ0n) is 11.6. The molecule has 0 aliphatic carbocycles. The molecule has 3 rings (SSSR count). The van der Waals surface area contributed by atoms with Crippen molar-refractivity contribution in [1.82, 2.24) is 4.98 Å². The number of thiocarbonyl (C=S) groups is 1. The van der Waals surface area contributed by atoms with Crippen molar-refractivity contribution < 1.29 is 13.0 Å². The molecule has 0 radical (unpaired) electrons. The summed E-state index contributed by atoms with van der Waals surface area (Å²) in [6, 6.07) is 11.7. The Kier molecular flexibility index (Phi) is 4.02. The zero-order chi connectivity index (χ0) is 16.6. The van der Waals surface area contributed by atoms with Crippen molar-refractivity contribution in [2.24, 2.45) is 5.73 Å². The van der Waals surface area contributed by atoms with Crippen LogP contribution in [0.15, 0.2) is 47.4 Å². The van der Waals surface area contributed by atoms with E-state index in [9.17, 15) is 13.0 Å². The van der Waals surface area contributed by atoms with Gasteiger partial charge in [0.2, 0.25) is 0 Å². The fraction of sp³-hybridized carbons (Fsp3) is 0. The molecule has 0 aliphatic rings. The Morgan fingerprint density at radius 1 is 1.26 bits per heavy atom. The number of benzene rings is 2. The van der Waals surface area contributed by atoms with Crippen molar-refractivity contribution in [3.8, 4) is 10.6 Å². The van der Waals surface area contributed by atoms with Gasteiger partial charge in [-0.15, -0.1) is 11.3 Å². The smallest absolute Gasteiger partial charge is 0.294 e. The molecule has 0 aliphatic heterocycles. The molecule has 0 unspecified atom stereocenters. The lowest BCUT2D eigenvalue weighted by molar-refractivity contribution is 0.483. The van der Waals surface area contributed by atoms with Crippen LogP contribution in [0.4, 0.5) is 5.69 Å². The number of hydrogen-bond acceptors (Lipinski definition) is 5. The van der Waals surface area contributed by atoms with E-state index in [2.05, 4.69) is 10.3 Å². The van der Waals surface area contributed by atoms with Crippen LogP contribution >= 0.6 is 23.6 Å². The highest BCUT2D eigenvalue weighted by molar-refractivity contribution is 7.85. The number of aromatic nitrogens is 1. The van der Waals surface area contributed by atoms with E-state index in [1.54, 1.807) is 0 Å². The van der Waals surface area contributed by atoms with Gasteiger partial charge in [0.25, 0.3) is 10.1 Å². The van der Waals surface area contributed by atoms with Gasteiger partial charge >= 0.3 is 0 Å². The minimum atomic E-state index is -4.32. The summed E-state index contributed by atoms with van der Waals surface area (Å²) in [5.41, 5.74) is 7.32. The van der Waals surface area contributed by atoms with Crippen LogP contribution in [0.5, 0.6) is 0 Å². The number of fused-ring (bicyclic) bond motifs is 1. The molecule has 9 heteroatoms. The van der Waals surface area contributed by atoms with E-state index in [1.165, 1.54) is 29.5 Å². The van der Waals surface area contributed by atoms with Gasteiger partial charge in [-0.05, 0) is 42.5 Å². The largest absolute Gasteiger partial charge is 0.376 e. The van der Waals surface area contributed by atoms with Gasteiger partial charge in [-0.2, -0.15) is 8.42 Å². The van der Waals surface area contributed by atoms with Crippen molar-refractivity contribution in [2.45, 2.75) is 4.90 Å². The fourth-order valence-corrected chi connectivity index (χ4v) is 3.70. The standard InChI is InChI=1S/C14H11N3O3S3/c15-14(21)17-10-6-5-8(23(18,19)20)7-9(10)13-16-11-3-1-2-4-12(11)22-13/h1-7H,(H3,15,17,21)(H,18,19,20). The second-order valence-electron chi connectivity index (χ2n) is 4.66. The quantitative estimate of drug-likeness (QED) is 0.484. The minimum Gasteiger partial charge on any atom is -0.376 e. The van der Waals surface area contributed by atoms with E-state index < -0.39 is 10.1 Å².